The smallest absolute Gasteiger partial charge is 0.311 e. The van der Waals surface area contributed by atoms with Crippen molar-refractivity contribution in [2.75, 3.05) is 5.75 Å². The number of aryl methyl sites for hydroxylation is 1. The van der Waals surface area contributed by atoms with Crippen LogP contribution >= 0.6 is 68.5 Å². The summed E-state index contributed by atoms with van der Waals surface area (Å²) in [5, 5.41) is 41.3. The minimum absolute atomic E-state index is 0.0814. The quantitative estimate of drug-likeness (QED) is 0.0706. The Bertz CT molecular complexity index is 2500. The maximum Gasteiger partial charge on any atom is 0.311 e. The number of benzene rings is 5. The molecule has 316 valence electrons. The van der Waals surface area contributed by atoms with Gasteiger partial charge in [-0.1, -0.05) is 109 Å². The van der Waals surface area contributed by atoms with E-state index in [1.807, 2.05) is 117 Å². The van der Waals surface area contributed by atoms with Gasteiger partial charge in [-0.15, -0.1) is 0 Å². The van der Waals surface area contributed by atoms with Crippen molar-refractivity contribution in [3.8, 4) is 5.75 Å². The lowest BCUT2D eigenvalue weighted by atomic mass is 9.90. The second-order valence-electron chi connectivity index (χ2n) is 16.1. The summed E-state index contributed by atoms with van der Waals surface area (Å²) in [7, 11) is 0. The molecule has 1 unspecified atom stereocenters. The molecule has 4 N–H and O–H groups in total. The molecule has 1 heterocycles. The highest BCUT2D eigenvalue weighted by atomic mass is 127. The second kappa shape index (κ2) is 20.9. The van der Waals surface area contributed by atoms with E-state index in [4.69, 9.17) is 16.6 Å². The number of aromatic hydroxyl groups is 1. The topological polar surface area (TPSA) is 128 Å². The summed E-state index contributed by atoms with van der Waals surface area (Å²) < 4.78 is 1.48. The van der Waals surface area contributed by atoms with E-state index in [2.05, 4.69) is 87.7 Å². The first-order valence-corrected chi connectivity index (χ1v) is 23.6. The van der Waals surface area contributed by atoms with Crippen molar-refractivity contribution in [1.82, 2.24) is 4.98 Å². The Hall–Kier alpha value is -3.95. The fourth-order valence-corrected chi connectivity index (χ4v) is 11.0. The number of aliphatic carboxylic acids is 2. The number of phenolic OH excluding ortho intramolecular Hbond substituents is 1. The first-order chi connectivity index (χ1) is 29.1. The number of rotatable bonds is 16. The number of carboxylic acids is 2. The molecule has 7 rings (SSSR count). The molecule has 1 aromatic heterocycles. The van der Waals surface area contributed by atoms with Crippen molar-refractivity contribution < 1.29 is 30.0 Å². The third kappa shape index (κ3) is 13.3. The maximum absolute atomic E-state index is 11.5. The van der Waals surface area contributed by atoms with Gasteiger partial charge in [-0.05, 0) is 166 Å². The highest BCUT2D eigenvalue weighted by Gasteiger charge is 2.44. The zero-order chi connectivity index (χ0) is 43.7. The van der Waals surface area contributed by atoms with Crippen molar-refractivity contribution in [2.45, 2.75) is 69.1 Å². The van der Waals surface area contributed by atoms with Gasteiger partial charge in [-0.3, -0.25) is 9.59 Å². The van der Waals surface area contributed by atoms with Gasteiger partial charge >= 0.3 is 11.9 Å². The fourth-order valence-electron chi connectivity index (χ4n) is 7.36. The molecule has 0 spiro atoms. The molecule has 6 aromatic rings. The highest BCUT2D eigenvalue weighted by Crippen LogP contribution is 2.53. The molecule has 1 aliphatic rings. The molecule has 0 bridgehead atoms. The Balaban J connectivity index is 0.000000260. The summed E-state index contributed by atoms with van der Waals surface area (Å²) >= 11 is 12.1. The van der Waals surface area contributed by atoms with Crippen LogP contribution in [0.25, 0.3) is 23.1 Å². The standard InChI is InChI=1S/C35H36ClNO3S.C15H12I2O3/c1-34(2,40)30-9-4-3-7-25(30)13-17-32(41-23-35(18-19-35)22-33(38)39)27-8-5-6-24(20-27)10-15-29-16-12-26-11-14-28(36)21-31(26)37-29;16-12-7-9(8-13(17)14(12)18)6-11(15(19)20)10-4-2-1-3-5-10/h3-12,14-16,20-21,32,40H,13,17-19,22-23H2,1-2H3,(H,38,39);1-5,7-8,11,18H,6H2,(H,19,20)/b15-10+;/t32-;/m1./s1. The summed E-state index contributed by atoms with van der Waals surface area (Å²) in [6, 6.07) is 39.3. The molecular weight excluding hydrogens is 1030 g/mol. The number of hydrogen-bond donors (Lipinski definition) is 4. The Morgan fingerprint density at radius 1 is 0.852 bits per heavy atom. The second-order valence-corrected chi connectivity index (χ2v) is 20.1. The molecule has 0 radical (unpaired) electrons. The lowest BCUT2D eigenvalue weighted by molar-refractivity contribution is -0.139. The zero-order valence-electron chi connectivity index (χ0n) is 33.9. The van der Waals surface area contributed by atoms with Gasteiger partial charge in [0.2, 0.25) is 0 Å². The van der Waals surface area contributed by atoms with E-state index in [-0.39, 0.29) is 22.8 Å². The molecule has 5 aromatic carbocycles. The minimum Gasteiger partial charge on any atom is -0.506 e. The minimum atomic E-state index is -0.911. The van der Waals surface area contributed by atoms with Crippen molar-refractivity contribution in [2.24, 2.45) is 5.41 Å². The SMILES string of the molecule is CC(C)(O)c1ccccc1CC[C@@H](SCC1(CC(=O)O)CC1)c1cccc(/C=C/c2ccc3ccc(Cl)cc3n2)c1.O=C(O)C(Cc1cc(I)c(O)c(I)c1)c1ccccc1. The molecule has 1 aliphatic carbocycles. The van der Waals surface area contributed by atoms with Gasteiger partial charge in [0.15, 0.2) is 0 Å². The normalized spacial score (nSPS) is 14.3. The molecule has 1 fully saturated rings. The average molecular weight is 1080 g/mol. The largest absolute Gasteiger partial charge is 0.506 e. The molecule has 61 heavy (non-hydrogen) atoms. The van der Waals surface area contributed by atoms with Gasteiger partial charge in [-0.2, -0.15) is 11.8 Å². The van der Waals surface area contributed by atoms with Gasteiger partial charge in [-0.25, -0.2) is 4.98 Å². The predicted molar refractivity (Wildman–Crippen MR) is 265 cm³/mol. The highest BCUT2D eigenvalue weighted by molar-refractivity contribution is 14.1. The molecule has 0 aliphatic heterocycles. The van der Waals surface area contributed by atoms with E-state index in [0.29, 0.717) is 11.4 Å². The number of thioether (sulfide) groups is 1. The van der Waals surface area contributed by atoms with Crippen LogP contribution in [0.15, 0.2) is 121 Å². The molecule has 0 amide bonds. The lowest BCUT2D eigenvalue weighted by Gasteiger charge is -2.24. The molecule has 0 saturated heterocycles. The first kappa shape index (κ1) is 46.6. The fraction of sp³-hybridized carbons (Fsp3) is 0.260. The number of nitrogens with zero attached hydrogens (tertiary/aromatic N) is 1. The summed E-state index contributed by atoms with van der Waals surface area (Å²) in [4.78, 5) is 27.7. The summed E-state index contributed by atoms with van der Waals surface area (Å²) in [6.07, 6.45) is 8.43. The number of hydrogen-bond acceptors (Lipinski definition) is 6. The third-order valence-corrected chi connectivity index (χ3v) is 14.4. The van der Waals surface area contributed by atoms with E-state index in [1.54, 1.807) is 0 Å². The maximum atomic E-state index is 11.5. The van der Waals surface area contributed by atoms with Crippen LogP contribution in [-0.4, -0.2) is 43.1 Å². The molecule has 11 heteroatoms. The Morgan fingerprint density at radius 2 is 1.52 bits per heavy atom. The van der Waals surface area contributed by atoms with Crippen LogP contribution in [0.2, 0.25) is 5.02 Å². The Labute approximate surface area is 394 Å². The molecule has 7 nitrogen and oxygen atoms in total. The number of carbonyl (C=O) groups is 2. The van der Waals surface area contributed by atoms with Crippen molar-refractivity contribution in [3.05, 3.63) is 173 Å². The number of pyridine rings is 1. The monoisotopic (exact) mass is 1080 g/mol. The van der Waals surface area contributed by atoms with Crippen LogP contribution in [0.3, 0.4) is 0 Å². The number of carboxylic acid groups (broad SMARTS) is 2. The van der Waals surface area contributed by atoms with Crippen LogP contribution in [-0.2, 0) is 28.0 Å². The van der Waals surface area contributed by atoms with Crippen LogP contribution in [0.4, 0.5) is 0 Å². The predicted octanol–water partition coefficient (Wildman–Crippen LogP) is 13.0. The Morgan fingerprint density at radius 3 is 2.20 bits per heavy atom. The first-order valence-electron chi connectivity index (χ1n) is 20.0. The number of aromatic nitrogens is 1. The average Bonchev–Trinajstić information content (AvgIpc) is 3.99. The third-order valence-electron chi connectivity index (χ3n) is 10.8. The number of fused-ring (bicyclic) bond motifs is 1. The van der Waals surface area contributed by atoms with E-state index in [0.717, 1.165) is 83.0 Å². The van der Waals surface area contributed by atoms with E-state index >= 15 is 0 Å². The van der Waals surface area contributed by atoms with Gasteiger partial charge in [0.05, 0.1) is 36.3 Å². The van der Waals surface area contributed by atoms with Crippen molar-refractivity contribution >= 4 is 104 Å². The van der Waals surface area contributed by atoms with Crippen LogP contribution in [0.5, 0.6) is 5.75 Å². The number of phenols is 1. The number of aliphatic hydroxyl groups is 1. The molecular formula is C50H48ClI2NO6S. The van der Waals surface area contributed by atoms with Gasteiger partial charge < -0.3 is 20.4 Å². The van der Waals surface area contributed by atoms with Gasteiger partial charge in [0, 0.05) is 21.4 Å². The summed E-state index contributed by atoms with van der Waals surface area (Å²) in [5.74, 6) is -1.04. The Kier molecular flexibility index (Phi) is 16.0. The zero-order valence-corrected chi connectivity index (χ0v) is 39.8. The lowest BCUT2D eigenvalue weighted by Crippen LogP contribution is -2.18. The molecule has 2 atom stereocenters. The van der Waals surface area contributed by atoms with Gasteiger partial charge in [0.25, 0.3) is 0 Å². The van der Waals surface area contributed by atoms with E-state index in [1.165, 1.54) is 5.56 Å². The van der Waals surface area contributed by atoms with Crippen LogP contribution in [0, 0.1) is 12.6 Å². The molecule has 1 saturated carbocycles. The van der Waals surface area contributed by atoms with Crippen LogP contribution in [0.1, 0.15) is 89.8 Å². The summed E-state index contributed by atoms with van der Waals surface area (Å²) in [5.41, 5.74) is 6.85. The van der Waals surface area contributed by atoms with Crippen molar-refractivity contribution in [3.63, 3.8) is 0 Å². The van der Waals surface area contributed by atoms with Crippen molar-refractivity contribution in [1.29, 1.82) is 0 Å². The van der Waals surface area contributed by atoms with E-state index in [9.17, 15) is 30.0 Å². The summed E-state index contributed by atoms with van der Waals surface area (Å²) in [6.45, 7) is 3.66. The van der Waals surface area contributed by atoms with Gasteiger partial charge in [0.1, 0.15) is 5.75 Å². The van der Waals surface area contributed by atoms with Crippen LogP contribution < -0.4 is 0 Å². The van der Waals surface area contributed by atoms with E-state index < -0.39 is 23.5 Å². The number of halogens is 3.